The van der Waals surface area contributed by atoms with E-state index in [9.17, 15) is 4.39 Å². The second kappa shape index (κ2) is 3.67. The van der Waals surface area contributed by atoms with Crippen LogP contribution < -0.4 is 0 Å². The zero-order valence-corrected chi connectivity index (χ0v) is 8.95. The Hall–Kier alpha value is -0.560. The second-order valence-corrected chi connectivity index (χ2v) is 4.95. The van der Waals surface area contributed by atoms with Crippen LogP contribution in [-0.2, 0) is 6.42 Å². The van der Waals surface area contributed by atoms with Crippen molar-refractivity contribution >= 4 is 11.6 Å². The summed E-state index contributed by atoms with van der Waals surface area (Å²) in [6.07, 6.45) is 0.838. The zero-order valence-electron chi connectivity index (χ0n) is 8.20. The summed E-state index contributed by atoms with van der Waals surface area (Å²) in [5.41, 5.74) is 1.12. The van der Waals surface area contributed by atoms with Crippen molar-refractivity contribution in [3.8, 4) is 0 Å². The summed E-state index contributed by atoms with van der Waals surface area (Å²) < 4.78 is 12.9. The Morgan fingerprint density at radius 1 is 1.23 bits per heavy atom. The van der Waals surface area contributed by atoms with Crippen molar-refractivity contribution in [2.75, 3.05) is 0 Å². The Balaban J connectivity index is 2.90. The lowest BCUT2D eigenvalue weighted by Gasteiger charge is -2.18. The summed E-state index contributed by atoms with van der Waals surface area (Å²) in [5, 5.41) is 0.472. The number of halogens is 2. The fraction of sp³-hybridized carbons (Fsp3) is 0.455. The van der Waals surface area contributed by atoms with Gasteiger partial charge in [-0.3, -0.25) is 0 Å². The van der Waals surface area contributed by atoms with Crippen LogP contribution in [0.3, 0.4) is 0 Å². The molecule has 0 radical (unpaired) electrons. The average molecular weight is 201 g/mol. The third kappa shape index (κ3) is 3.77. The highest BCUT2D eigenvalue weighted by Crippen LogP contribution is 2.23. The number of hydrogen-bond acceptors (Lipinski definition) is 0. The minimum absolute atomic E-state index is 0.164. The van der Waals surface area contributed by atoms with Crippen molar-refractivity contribution in [2.24, 2.45) is 5.41 Å². The summed E-state index contributed by atoms with van der Waals surface area (Å²) >= 11 is 5.74. The maximum absolute atomic E-state index is 12.9. The molecular formula is C11H14ClF. The van der Waals surface area contributed by atoms with Gasteiger partial charge in [-0.25, -0.2) is 4.39 Å². The van der Waals surface area contributed by atoms with E-state index in [2.05, 4.69) is 20.8 Å². The van der Waals surface area contributed by atoms with Gasteiger partial charge in [0.1, 0.15) is 5.82 Å². The summed E-state index contributed by atoms with van der Waals surface area (Å²) in [7, 11) is 0. The van der Waals surface area contributed by atoms with E-state index in [-0.39, 0.29) is 11.2 Å². The minimum Gasteiger partial charge on any atom is -0.207 e. The van der Waals surface area contributed by atoms with Crippen molar-refractivity contribution in [1.29, 1.82) is 0 Å². The zero-order chi connectivity index (χ0) is 10.1. The second-order valence-electron chi connectivity index (χ2n) is 4.52. The van der Waals surface area contributed by atoms with Crippen LogP contribution in [0.25, 0.3) is 0 Å². The average Bonchev–Trinajstić information content (AvgIpc) is 1.78. The van der Waals surface area contributed by atoms with E-state index in [1.807, 2.05) is 6.07 Å². The molecule has 0 unspecified atom stereocenters. The molecule has 72 valence electrons. The molecule has 0 aromatic heterocycles. The van der Waals surface area contributed by atoms with Crippen LogP contribution in [0, 0.1) is 11.2 Å². The monoisotopic (exact) mass is 200 g/mol. The molecule has 1 aromatic rings. The molecule has 0 atom stereocenters. The first-order valence-electron chi connectivity index (χ1n) is 4.32. The molecule has 2 heteroatoms. The summed E-state index contributed by atoms with van der Waals surface area (Å²) in [6, 6.07) is 4.68. The van der Waals surface area contributed by atoms with Crippen molar-refractivity contribution in [2.45, 2.75) is 27.2 Å². The standard InChI is InChI=1S/C11H14ClF/c1-11(2,3)7-8-4-9(12)6-10(13)5-8/h4-6H,7H2,1-3H3. The molecule has 0 aliphatic rings. The van der Waals surface area contributed by atoms with E-state index in [0.717, 1.165) is 12.0 Å². The molecule has 13 heavy (non-hydrogen) atoms. The van der Waals surface area contributed by atoms with E-state index in [1.165, 1.54) is 12.1 Å². The molecule has 0 aliphatic carbocycles. The normalized spacial score (nSPS) is 11.8. The highest BCUT2D eigenvalue weighted by molar-refractivity contribution is 6.30. The maximum Gasteiger partial charge on any atom is 0.124 e. The van der Waals surface area contributed by atoms with Crippen molar-refractivity contribution in [1.82, 2.24) is 0 Å². The Morgan fingerprint density at radius 3 is 2.31 bits per heavy atom. The Morgan fingerprint density at radius 2 is 1.85 bits per heavy atom. The third-order valence-electron chi connectivity index (χ3n) is 1.66. The van der Waals surface area contributed by atoms with Gasteiger partial charge in [-0.2, -0.15) is 0 Å². The molecule has 0 nitrogen and oxygen atoms in total. The molecule has 1 rings (SSSR count). The van der Waals surface area contributed by atoms with Gasteiger partial charge < -0.3 is 0 Å². The van der Waals surface area contributed by atoms with E-state index in [4.69, 9.17) is 11.6 Å². The highest BCUT2D eigenvalue weighted by Gasteiger charge is 2.12. The molecule has 0 heterocycles. The van der Waals surface area contributed by atoms with Crippen LogP contribution in [0.5, 0.6) is 0 Å². The molecule has 0 fully saturated rings. The summed E-state index contributed by atoms with van der Waals surface area (Å²) in [5.74, 6) is -0.258. The van der Waals surface area contributed by atoms with E-state index < -0.39 is 0 Å². The molecule has 0 saturated carbocycles. The summed E-state index contributed by atoms with van der Waals surface area (Å²) in [6.45, 7) is 6.35. The largest absolute Gasteiger partial charge is 0.207 e. The van der Waals surface area contributed by atoms with Gasteiger partial charge in [-0.1, -0.05) is 32.4 Å². The Kier molecular flexibility index (Phi) is 2.97. The molecular weight excluding hydrogens is 187 g/mol. The van der Waals surface area contributed by atoms with Crippen LogP contribution in [0.15, 0.2) is 18.2 Å². The molecule has 0 bridgehead atoms. The van der Waals surface area contributed by atoms with Crippen molar-refractivity contribution in [3.63, 3.8) is 0 Å². The fourth-order valence-electron chi connectivity index (χ4n) is 1.33. The van der Waals surface area contributed by atoms with Gasteiger partial charge in [-0.05, 0) is 35.6 Å². The number of rotatable bonds is 1. The number of benzene rings is 1. The van der Waals surface area contributed by atoms with Crippen molar-refractivity contribution < 1.29 is 4.39 Å². The van der Waals surface area contributed by atoms with Gasteiger partial charge >= 0.3 is 0 Å². The van der Waals surface area contributed by atoms with Gasteiger partial charge in [0, 0.05) is 5.02 Å². The van der Waals surface area contributed by atoms with Crippen LogP contribution in [-0.4, -0.2) is 0 Å². The highest BCUT2D eigenvalue weighted by atomic mass is 35.5. The predicted octanol–water partition coefficient (Wildman–Crippen LogP) is 4.07. The van der Waals surface area contributed by atoms with Gasteiger partial charge in [0.25, 0.3) is 0 Å². The number of hydrogen-bond donors (Lipinski definition) is 0. The molecule has 0 amide bonds. The van der Waals surface area contributed by atoms with Gasteiger partial charge in [-0.15, -0.1) is 0 Å². The van der Waals surface area contributed by atoms with Gasteiger partial charge in [0.05, 0.1) is 0 Å². The van der Waals surface area contributed by atoms with Crippen LogP contribution in [0.4, 0.5) is 4.39 Å². The molecule has 0 spiro atoms. The molecule has 0 aliphatic heterocycles. The molecule has 0 saturated heterocycles. The SMILES string of the molecule is CC(C)(C)Cc1cc(F)cc(Cl)c1. The third-order valence-corrected chi connectivity index (χ3v) is 1.88. The maximum atomic E-state index is 12.9. The topological polar surface area (TPSA) is 0 Å². The quantitative estimate of drug-likeness (QED) is 0.641. The van der Waals surface area contributed by atoms with E-state index in [0.29, 0.717) is 5.02 Å². The smallest absolute Gasteiger partial charge is 0.124 e. The molecule has 1 aromatic carbocycles. The first kappa shape index (κ1) is 10.5. The van der Waals surface area contributed by atoms with E-state index >= 15 is 0 Å². The van der Waals surface area contributed by atoms with Crippen LogP contribution in [0.2, 0.25) is 5.02 Å². The lowest BCUT2D eigenvalue weighted by Crippen LogP contribution is -2.09. The lowest BCUT2D eigenvalue weighted by molar-refractivity contribution is 0.410. The van der Waals surface area contributed by atoms with Gasteiger partial charge in [0.2, 0.25) is 0 Å². The van der Waals surface area contributed by atoms with Crippen LogP contribution >= 0.6 is 11.6 Å². The Bertz CT molecular complexity index is 279. The van der Waals surface area contributed by atoms with Crippen molar-refractivity contribution in [3.05, 3.63) is 34.6 Å². The van der Waals surface area contributed by atoms with E-state index in [1.54, 1.807) is 0 Å². The predicted molar refractivity (Wildman–Crippen MR) is 54.6 cm³/mol. The fourth-order valence-corrected chi connectivity index (χ4v) is 1.57. The molecule has 0 N–H and O–H groups in total. The Labute approximate surface area is 83.7 Å². The first-order valence-corrected chi connectivity index (χ1v) is 4.70. The minimum atomic E-state index is -0.258. The van der Waals surface area contributed by atoms with Gasteiger partial charge in [0.15, 0.2) is 0 Å². The first-order chi connectivity index (χ1) is 5.87. The lowest BCUT2D eigenvalue weighted by atomic mass is 9.88. The van der Waals surface area contributed by atoms with Crippen LogP contribution in [0.1, 0.15) is 26.3 Å². The summed E-state index contributed by atoms with van der Waals surface area (Å²) in [4.78, 5) is 0.